The topological polar surface area (TPSA) is 32.3 Å². The molecule has 1 amide bonds. The molecule has 1 saturated carbocycles. The van der Waals surface area contributed by atoms with Gasteiger partial charge < -0.3 is 10.2 Å². The number of rotatable bonds is 0. The monoisotopic (exact) mass is 216 g/mol. The Morgan fingerprint density at radius 2 is 2.06 bits per heavy atom. The second kappa shape index (κ2) is 3.24. The summed E-state index contributed by atoms with van der Waals surface area (Å²) in [5.41, 5.74) is 1.94. The van der Waals surface area contributed by atoms with Gasteiger partial charge in [0.25, 0.3) is 0 Å². The highest BCUT2D eigenvalue weighted by atomic mass is 16.2. The van der Waals surface area contributed by atoms with E-state index in [1.807, 2.05) is 18.2 Å². The van der Waals surface area contributed by atoms with Gasteiger partial charge in [-0.15, -0.1) is 0 Å². The molecule has 0 saturated heterocycles. The van der Waals surface area contributed by atoms with Crippen molar-refractivity contribution in [2.24, 2.45) is 5.41 Å². The number of benzene rings is 1. The number of anilines is 2. The summed E-state index contributed by atoms with van der Waals surface area (Å²) in [6.45, 7) is 0.843. The first kappa shape index (κ1) is 9.70. The normalized spacial score (nSPS) is 22.1. The first-order chi connectivity index (χ1) is 7.71. The fourth-order valence-corrected chi connectivity index (χ4v) is 2.77. The molecule has 3 heteroatoms. The maximum atomic E-state index is 12.2. The fourth-order valence-electron chi connectivity index (χ4n) is 2.77. The van der Waals surface area contributed by atoms with E-state index in [1.165, 1.54) is 6.42 Å². The molecule has 1 aromatic rings. The maximum absolute atomic E-state index is 12.2. The number of carbonyl (C=O) groups excluding carboxylic acids is 1. The molecule has 84 valence electrons. The Bertz CT molecular complexity index is 437. The summed E-state index contributed by atoms with van der Waals surface area (Å²) in [4.78, 5) is 14.4. The van der Waals surface area contributed by atoms with Gasteiger partial charge in [0.1, 0.15) is 0 Å². The van der Waals surface area contributed by atoms with E-state index in [0.717, 1.165) is 30.8 Å². The molecule has 1 heterocycles. The van der Waals surface area contributed by atoms with Crippen LogP contribution < -0.4 is 10.2 Å². The predicted molar refractivity (Wildman–Crippen MR) is 64.6 cm³/mol. The van der Waals surface area contributed by atoms with Crippen molar-refractivity contribution >= 4 is 17.3 Å². The number of hydrogen-bond donors (Lipinski definition) is 1. The molecule has 2 aliphatic rings. The maximum Gasteiger partial charge on any atom is 0.232 e. The Morgan fingerprint density at radius 3 is 2.75 bits per heavy atom. The van der Waals surface area contributed by atoms with Gasteiger partial charge in [0.2, 0.25) is 5.91 Å². The highest BCUT2D eigenvalue weighted by Gasteiger charge is 2.46. The Hall–Kier alpha value is -1.51. The Kier molecular flexibility index (Phi) is 1.96. The van der Waals surface area contributed by atoms with Crippen LogP contribution in [-0.4, -0.2) is 19.5 Å². The van der Waals surface area contributed by atoms with Gasteiger partial charge in [0, 0.05) is 13.6 Å². The Morgan fingerprint density at radius 1 is 1.31 bits per heavy atom. The molecule has 0 unspecified atom stereocenters. The summed E-state index contributed by atoms with van der Waals surface area (Å²) in [5, 5.41) is 3.06. The highest BCUT2D eigenvalue weighted by Crippen LogP contribution is 2.45. The van der Waals surface area contributed by atoms with Gasteiger partial charge in [-0.05, 0) is 25.0 Å². The molecule has 0 aromatic heterocycles. The van der Waals surface area contributed by atoms with Crippen molar-refractivity contribution in [1.29, 1.82) is 0 Å². The van der Waals surface area contributed by atoms with Crippen LogP contribution in [0.3, 0.4) is 0 Å². The Balaban J connectivity index is 2.02. The zero-order chi connectivity index (χ0) is 11.2. The predicted octanol–water partition coefficient (Wildman–Crippen LogP) is 2.25. The lowest BCUT2D eigenvalue weighted by Gasteiger charge is -2.40. The van der Waals surface area contributed by atoms with Crippen molar-refractivity contribution in [1.82, 2.24) is 0 Å². The van der Waals surface area contributed by atoms with E-state index in [0.29, 0.717) is 0 Å². The number of amides is 1. The largest absolute Gasteiger partial charge is 0.372 e. The molecular formula is C13H16N2O. The molecule has 0 atom stereocenters. The van der Waals surface area contributed by atoms with E-state index >= 15 is 0 Å². The van der Waals surface area contributed by atoms with Crippen molar-refractivity contribution < 1.29 is 4.79 Å². The van der Waals surface area contributed by atoms with E-state index in [1.54, 1.807) is 0 Å². The fraction of sp³-hybridized carbons (Fsp3) is 0.462. The lowest BCUT2D eigenvalue weighted by atomic mass is 9.68. The third-order valence-corrected chi connectivity index (χ3v) is 3.90. The van der Waals surface area contributed by atoms with Crippen molar-refractivity contribution in [3.05, 3.63) is 24.3 Å². The van der Waals surface area contributed by atoms with Crippen LogP contribution >= 0.6 is 0 Å². The van der Waals surface area contributed by atoms with E-state index in [2.05, 4.69) is 23.3 Å². The van der Waals surface area contributed by atoms with Crippen LogP contribution in [0.4, 0.5) is 11.4 Å². The minimum Gasteiger partial charge on any atom is -0.372 e. The summed E-state index contributed by atoms with van der Waals surface area (Å²) in [6.07, 6.45) is 3.23. The molecular weight excluding hydrogens is 200 g/mol. The van der Waals surface area contributed by atoms with Gasteiger partial charge in [-0.25, -0.2) is 0 Å². The van der Waals surface area contributed by atoms with Crippen LogP contribution in [-0.2, 0) is 4.79 Å². The van der Waals surface area contributed by atoms with Crippen molar-refractivity contribution in [3.63, 3.8) is 0 Å². The lowest BCUT2D eigenvalue weighted by Crippen LogP contribution is -2.47. The molecule has 1 spiro atoms. The molecule has 3 rings (SSSR count). The summed E-state index contributed by atoms with van der Waals surface area (Å²) in [6, 6.07) is 8.01. The number of hydrogen-bond acceptors (Lipinski definition) is 2. The first-order valence-electron chi connectivity index (χ1n) is 5.83. The molecule has 1 fully saturated rings. The Labute approximate surface area is 95.4 Å². The lowest BCUT2D eigenvalue weighted by molar-refractivity contribution is -0.129. The summed E-state index contributed by atoms with van der Waals surface area (Å²) < 4.78 is 0. The quantitative estimate of drug-likeness (QED) is 0.721. The first-order valence-corrected chi connectivity index (χ1v) is 5.83. The zero-order valence-electron chi connectivity index (χ0n) is 9.49. The average Bonchev–Trinajstić information content (AvgIpc) is 2.34. The molecule has 1 aliphatic carbocycles. The highest BCUT2D eigenvalue weighted by molar-refractivity contribution is 6.00. The van der Waals surface area contributed by atoms with Gasteiger partial charge in [-0.1, -0.05) is 18.6 Å². The smallest absolute Gasteiger partial charge is 0.232 e. The minimum absolute atomic E-state index is 0.131. The molecule has 3 nitrogen and oxygen atoms in total. The van der Waals surface area contributed by atoms with Gasteiger partial charge in [0.05, 0.1) is 16.8 Å². The van der Waals surface area contributed by atoms with Gasteiger partial charge in [-0.3, -0.25) is 4.79 Å². The van der Waals surface area contributed by atoms with Crippen molar-refractivity contribution in [2.45, 2.75) is 19.3 Å². The number of nitrogens with one attached hydrogen (secondary N) is 1. The molecule has 0 bridgehead atoms. The van der Waals surface area contributed by atoms with Crippen LogP contribution in [0, 0.1) is 5.41 Å². The summed E-state index contributed by atoms with van der Waals surface area (Å²) in [7, 11) is 2.07. The van der Waals surface area contributed by atoms with E-state index < -0.39 is 0 Å². The van der Waals surface area contributed by atoms with Crippen molar-refractivity contribution in [2.75, 3.05) is 23.8 Å². The van der Waals surface area contributed by atoms with E-state index in [-0.39, 0.29) is 11.3 Å². The number of fused-ring (bicyclic) bond motifs is 1. The van der Waals surface area contributed by atoms with Crippen LogP contribution in [0.5, 0.6) is 0 Å². The van der Waals surface area contributed by atoms with Crippen LogP contribution in [0.2, 0.25) is 0 Å². The zero-order valence-corrected chi connectivity index (χ0v) is 9.49. The van der Waals surface area contributed by atoms with Gasteiger partial charge in [0.15, 0.2) is 0 Å². The average molecular weight is 216 g/mol. The molecule has 1 aliphatic heterocycles. The number of para-hydroxylation sites is 2. The van der Waals surface area contributed by atoms with Crippen LogP contribution in [0.25, 0.3) is 0 Å². The molecule has 1 aromatic carbocycles. The third-order valence-electron chi connectivity index (χ3n) is 3.90. The molecule has 1 N–H and O–H groups in total. The summed E-state index contributed by atoms with van der Waals surface area (Å²) >= 11 is 0. The second-order valence-electron chi connectivity index (χ2n) is 4.96. The number of nitrogens with zero attached hydrogens (tertiary/aromatic N) is 1. The van der Waals surface area contributed by atoms with Gasteiger partial charge in [-0.2, -0.15) is 0 Å². The van der Waals surface area contributed by atoms with E-state index in [9.17, 15) is 4.79 Å². The van der Waals surface area contributed by atoms with E-state index in [4.69, 9.17) is 0 Å². The SMILES string of the molecule is CN1CC2(CCC2)C(=O)Nc2ccccc21. The molecule has 16 heavy (non-hydrogen) atoms. The van der Waals surface area contributed by atoms with Crippen LogP contribution in [0.1, 0.15) is 19.3 Å². The molecule has 0 radical (unpaired) electrons. The standard InChI is InChI=1S/C13H16N2O/c1-15-9-13(7-4-8-13)12(16)14-10-5-2-3-6-11(10)15/h2-3,5-6H,4,7-9H2,1H3,(H,14,16). The number of carbonyl (C=O) groups is 1. The van der Waals surface area contributed by atoms with Gasteiger partial charge >= 0.3 is 0 Å². The third kappa shape index (κ3) is 1.24. The van der Waals surface area contributed by atoms with Crippen LogP contribution in [0.15, 0.2) is 24.3 Å². The summed E-state index contributed by atoms with van der Waals surface area (Å²) in [5.74, 6) is 0.204. The van der Waals surface area contributed by atoms with Crippen molar-refractivity contribution in [3.8, 4) is 0 Å². The minimum atomic E-state index is -0.131. The second-order valence-corrected chi connectivity index (χ2v) is 4.96.